The molecule has 0 aliphatic carbocycles. The van der Waals surface area contributed by atoms with Gasteiger partial charge in [0.2, 0.25) is 0 Å². The van der Waals surface area contributed by atoms with E-state index in [4.69, 9.17) is 27.9 Å². The number of benzene rings is 3. The zero-order valence-electron chi connectivity index (χ0n) is 19.3. The van der Waals surface area contributed by atoms with Crippen LogP contribution in [0.15, 0.2) is 66.2 Å². The maximum Gasteiger partial charge on any atom is 0.301 e. The fourth-order valence-corrected chi connectivity index (χ4v) is 5.69. The molecule has 0 saturated carbocycles. The molecule has 1 amide bonds. The number of aryl methyl sites for hydroxylation is 1. The average molecular weight is 539 g/mol. The van der Waals surface area contributed by atoms with E-state index >= 15 is 0 Å². The molecular formula is C27H20Cl2N2O4S. The second kappa shape index (κ2) is 9.58. The average Bonchev–Trinajstić information content (AvgIpc) is 3.38. The molecule has 5 rings (SSSR count). The first-order chi connectivity index (χ1) is 17.3. The Labute approximate surface area is 221 Å². The second-order valence-electron chi connectivity index (χ2n) is 8.27. The van der Waals surface area contributed by atoms with E-state index in [1.54, 1.807) is 36.4 Å². The van der Waals surface area contributed by atoms with Gasteiger partial charge in [-0.3, -0.25) is 14.5 Å². The van der Waals surface area contributed by atoms with Crippen LogP contribution in [0.5, 0.6) is 5.75 Å². The van der Waals surface area contributed by atoms with Gasteiger partial charge in [-0.2, -0.15) is 0 Å². The van der Waals surface area contributed by atoms with Crippen LogP contribution in [-0.4, -0.2) is 28.4 Å². The number of hydrogen-bond acceptors (Lipinski definition) is 6. The molecule has 4 aromatic rings. The Morgan fingerprint density at radius 2 is 1.92 bits per heavy atom. The van der Waals surface area contributed by atoms with Crippen LogP contribution in [0.3, 0.4) is 0 Å². The van der Waals surface area contributed by atoms with Gasteiger partial charge in [0, 0.05) is 10.6 Å². The van der Waals surface area contributed by atoms with E-state index in [-0.39, 0.29) is 11.3 Å². The number of aromatic nitrogens is 1. The zero-order valence-corrected chi connectivity index (χ0v) is 21.6. The smallest absolute Gasteiger partial charge is 0.301 e. The molecule has 1 saturated heterocycles. The Kier molecular flexibility index (Phi) is 6.47. The maximum atomic E-state index is 13.4. The lowest BCUT2D eigenvalue weighted by Crippen LogP contribution is -2.29. The number of halogens is 2. The molecule has 1 aliphatic heterocycles. The number of nitrogens with zero attached hydrogens (tertiary/aromatic N) is 2. The lowest BCUT2D eigenvalue weighted by Gasteiger charge is -2.23. The second-order valence-corrected chi connectivity index (χ2v) is 10.1. The van der Waals surface area contributed by atoms with Crippen molar-refractivity contribution in [2.24, 2.45) is 0 Å². The number of amides is 1. The number of carbonyl (C=O) groups is 2. The standard InChI is InChI=1S/C27H20Cl2N2O4S/c1-3-35-20-12-16(7-9-18(20)29)24(32)22-23(15-6-4-5-14(2)11-15)31(26(34)25(22)33)27-30-19-10-8-17(28)13-21(19)36-27/h4-13,23,32H,3H2,1-2H3/b24-22+. The topological polar surface area (TPSA) is 79.7 Å². The van der Waals surface area contributed by atoms with Crippen LogP contribution < -0.4 is 9.64 Å². The molecule has 0 radical (unpaired) electrons. The summed E-state index contributed by atoms with van der Waals surface area (Å²) in [7, 11) is 0. The molecule has 1 aliphatic rings. The lowest BCUT2D eigenvalue weighted by atomic mass is 9.94. The van der Waals surface area contributed by atoms with E-state index in [0.717, 1.165) is 10.3 Å². The Hall–Kier alpha value is -3.39. The van der Waals surface area contributed by atoms with Crippen molar-refractivity contribution in [3.8, 4) is 5.75 Å². The molecule has 1 N–H and O–H groups in total. The number of fused-ring (bicyclic) bond motifs is 1. The Balaban J connectivity index is 1.72. The van der Waals surface area contributed by atoms with Crippen molar-refractivity contribution in [2.75, 3.05) is 11.5 Å². The fourth-order valence-electron chi connectivity index (χ4n) is 4.25. The van der Waals surface area contributed by atoms with E-state index in [1.165, 1.54) is 16.2 Å². The lowest BCUT2D eigenvalue weighted by molar-refractivity contribution is -0.132. The normalized spacial score (nSPS) is 17.2. The van der Waals surface area contributed by atoms with Gasteiger partial charge >= 0.3 is 5.91 Å². The SMILES string of the molecule is CCOc1cc(/C(O)=C2\C(=O)C(=O)N(c3nc4ccc(Cl)cc4s3)C2c2cccc(C)c2)ccc1Cl. The summed E-state index contributed by atoms with van der Waals surface area (Å²) in [5.74, 6) is -1.52. The minimum absolute atomic E-state index is 0.0346. The molecule has 9 heteroatoms. The van der Waals surface area contributed by atoms with Gasteiger partial charge in [0.05, 0.1) is 33.5 Å². The number of thiazole rings is 1. The van der Waals surface area contributed by atoms with Crippen molar-refractivity contribution in [3.63, 3.8) is 0 Å². The van der Waals surface area contributed by atoms with Gasteiger partial charge in [0.1, 0.15) is 11.5 Å². The highest BCUT2D eigenvalue weighted by molar-refractivity contribution is 7.22. The molecule has 1 fully saturated rings. The molecule has 0 spiro atoms. The van der Waals surface area contributed by atoms with Gasteiger partial charge in [0.15, 0.2) is 5.13 Å². The number of hydrogen-bond donors (Lipinski definition) is 1. The molecule has 3 aromatic carbocycles. The van der Waals surface area contributed by atoms with Crippen LogP contribution in [0, 0.1) is 6.92 Å². The fraction of sp³-hybridized carbons (Fsp3) is 0.148. The molecule has 6 nitrogen and oxygen atoms in total. The summed E-state index contributed by atoms with van der Waals surface area (Å²) < 4.78 is 6.33. The molecule has 2 heterocycles. The predicted molar refractivity (Wildman–Crippen MR) is 143 cm³/mol. The summed E-state index contributed by atoms with van der Waals surface area (Å²) in [5, 5.41) is 12.6. The van der Waals surface area contributed by atoms with E-state index < -0.39 is 17.7 Å². The summed E-state index contributed by atoms with van der Waals surface area (Å²) >= 11 is 13.6. The van der Waals surface area contributed by atoms with Crippen molar-refractivity contribution in [3.05, 3.63) is 93.0 Å². The van der Waals surface area contributed by atoms with Gasteiger partial charge in [-0.15, -0.1) is 0 Å². The number of anilines is 1. The van der Waals surface area contributed by atoms with Crippen molar-refractivity contribution < 1.29 is 19.4 Å². The zero-order chi connectivity index (χ0) is 25.6. The molecule has 1 aromatic heterocycles. The number of carbonyl (C=O) groups excluding carboxylic acids is 2. The van der Waals surface area contributed by atoms with Gasteiger partial charge < -0.3 is 9.84 Å². The van der Waals surface area contributed by atoms with Crippen LogP contribution >= 0.6 is 34.5 Å². The van der Waals surface area contributed by atoms with Crippen LogP contribution in [0.4, 0.5) is 5.13 Å². The number of ether oxygens (including phenoxy) is 1. The third kappa shape index (κ3) is 4.23. The van der Waals surface area contributed by atoms with Crippen molar-refractivity contribution in [2.45, 2.75) is 19.9 Å². The first-order valence-electron chi connectivity index (χ1n) is 11.1. The van der Waals surface area contributed by atoms with E-state index in [2.05, 4.69) is 4.98 Å². The minimum atomic E-state index is -0.882. The van der Waals surface area contributed by atoms with Gasteiger partial charge in [-0.25, -0.2) is 4.98 Å². The van der Waals surface area contributed by atoms with Crippen LogP contribution in [0.2, 0.25) is 10.0 Å². The predicted octanol–water partition coefficient (Wildman–Crippen LogP) is 6.94. The summed E-state index contributed by atoms with van der Waals surface area (Å²) in [6, 6.07) is 16.6. The minimum Gasteiger partial charge on any atom is -0.507 e. The number of aliphatic hydroxyl groups is 1. The van der Waals surface area contributed by atoms with Gasteiger partial charge in [-0.1, -0.05) is 64.4 Å². The van der Waals surface area contributed by atoms with Crippen LogP contribution in [-0.2, 0) is 9.59 Å². The van der Waals surface area contributed by atoms with Crippen LogP contribution in [0.25, 0.3) is 16.0 Å². The van der Waals surface area contributed by atoms with Gasteiger partial charge in [0.25, 0.3) is 5.78 Å². The monoisotopic (exact) mass is 538 g/mol. The molecule has 182 valence electrons. The third-order valence-corrected chi connectivity index (χ3v) is 7.42. The molecule has 36 heavy (non-hydrogen) atoms. The number of aliphatic hydroxyl groups excluding tert-OH is 1. The maximum absolute atomic E-state index is 13.4. The van der Waals surface area contributed by atoms with Gasteiger partial charge in [-0.05, 0) is 55.8 Å². The summed E-state index contributed by atoms with van der Waals surface area (Å²) in [5.41, 5.74) is 2.55. The molecule has 1 atom stereocenters. The Bertz CT molecular complexity index is 1560. The Morgan fingerprint density at radius 3 is 2.67 bits per heavy atom. The highest BCUT2D eigenvalue weighted by Crippen LogP contribution is 2.45. The quantitative estimate of drug-likeness (QED) is 0.169. The van der Waals surface area contributed by atoms with E-state index in [1.807, 2.05) is 38.1 Å². The summed E-state index contributed by atoms with van der Waals surface area (Å²) in [4.78, 5) is 32.8. The summed E-state index contributed by atoms with van der Waals surface area (Å²) in [6.07, 6.45) is 0. The first kappa shape index (κ1) is 24.3. The summed E-state index contributed by atoms with van der Waals surface area (Å²) in [6.45, 7) is 4.11. The Morgan fingerprint density at radius 1 is 1.11 bits per heavy atom. The highest BCUT2D eigenvalue weighted by Gasteiger charge is 2.48. The van der Waals surface area contributed by atoms with Crippen molar-refractivity contribution in [1.29, 1.82) is 0 Å². The van der Waals surface area contributed by atoms with Crippen molar-refractivity contribution in [1.82, 2.24) is 4.98 Å². The highest BCUT2D eigenvalue weighted by atomic mass is 35.5. The molecule has 0 bridgehead atoms. The number of Topliss-reactive ketones (excluding diaryl/α,β-unsaturated/α-hetero) is 1. The van der Waals surface area contributed by atoms with Crippen molar-refractivity contribution >= 4 is 67.3 Å². The van der Waals surface area contributed by atoms with E-state index in [9.17, 15) is 14.7 Å². The first-order valence-corrected chi connectivity index (χ1v) is 12.7. The third-order valence-electron chi connectivity index (χ3n) is 5.85. The van der Waals surface area contributed by atoms with E-state index in [0.29, 0.717) is 44.2 Å². The van der Waals surface area contributed by atoms with Crippen LogP contribution in [0.1, 0.15) is 29.7 Å². The molecule has 1 unspecified atom stereocenters. The largest absolute Gasteiger partial charge is 0.507 e. The number of ketones is 1. The molecular weight excluding hydrogens is 519 g/mol. The number of rotatable bonds is 5.